The fourth-order valence-corrected chi connectivity index (χ4v) is 1.71. The third kappa shape index (κ3) is 4.03. The zero-order valence-electron chi connectivity index (χ0n) is 11.1. The Morgan fingerprint density at radius 1 is 1.38 bits per heavy atom. The normalized spacial score (nSPS) is 10.2. The van der Waals surface area contributed by atoms with Crippen LogP contribution in [0.4, 0.5) is 20.6 Å². The Hall–Kier alpha value is -2.90. The number of aliphatic carboxylic acids is 1. The van der Waals surface area contributed by atoms with Gasteiger partial charge in [0.15, 0.2) is 0 Å². The highest BCUT2D eigenvalue weighted by Crippen LogP contribution is 2.16. The van der Waals surface area contributed by atoms with Crippen molar-refractivity contribution in [3.8, 4) is 0 Å². The van der Waals surface area contributed by atoms with Crippen LogP contribution in [0.2, 0.25) is 0 Å². The summed E-state index contributed by atoms with van der Waals surface area (Å²) in [5.41, 5.74) is 1.42. The molecule has 0 aliphatic carbocycles. The Balaban J connectivity index is 1.98. The second-order valence-corrected chi connectivity index (χ2v) is 4.36. The summed E-state index contributed by atoms with van der Waals surface area (Å²) in [6, 6.07) is 3.48. The number of nitrogens with zero attached hydrogens (tertiary/aromatic N) is 2. The summed E-state index contributed by atoms with van der Waals surface area (Å²) in [4.78, 5) is 22.3. The lowest BCUT2D eigenvalue weighted by Gasteiger charge is -2.08. The van der Waals surface area contributed by atoms with E-state index in [9.17, 15) is 14.0 Å². The number of hydrogen-bond donors (Lipinski definition) is 3. The van der Waals surface area contributed by atoms with E-state index in [-0.39, 0.29) is 12.4 Å². The lowest BCUT2D eigenvalue weighted by Crippen LogP contribution is -2.19. The molecule has 0 bridgehead atoms. The minimum absolute atomic E-state index is 0.291. The van der Waals surface area contributed by atoms with Gasteiger partial charge in [-0.25, -0.2) is 9.18 Å². The van der Waals surface area contributed by atoms with Crippen LogP contribution in [0.3, 0.4) is 0 Å². The number of urea groups is 1. The summed E-state index contributed by atoms with van der Waals surface area (Å²) in [5, 5.41) is 17.5. The highest BCUT2D eigenvalue weighted by molar-refractivity contribution is 6.00. The van der Waals surface area contributed by atoms with Crippen molar-refractivity contribution in [2.24, 2.45) is 0 Å². The quantitative estimate of drug-likeness (QED) is 0.803. The maximum absolute atomic E-state index is 13.0. The first-order chi connectivity index (χ1) is 9.94. The highest BCUT2D eigenvalue weighted by Gasteiger charge is 2.08. The molecule has 0 atom stereocenters. The van der Waals surface area contributed by atoms with Crippen LogP contribution in [-0.2, 0) is 11.3 Å². The van der Waals surface area contributed by atoms with Gasteiger partial charge in [0.05, 0.1) is 11.9 Å². The van der Waals surface area contributed by atoms with Crippen LogP contribution in [0.15, 0.2) is 30.6 Å². The molecule has 0 aliphatic heterocycles. The molecule has 110 valence electrons. The zero-order valence-corrected chi connectivity index (χ0v) is 11.1. The van der Waals surface area contributed by atoms with Gasteiger partial charge in [-0.2, -0.15) is 5.10 Å². The summed E-state index contributed by atoms with van der Waals surface area (Å²) in [7, 11) is 0. The van der Waals surface area contributed by atoms with Crippen LogP contribution in [0.1, 0.15) is 5.56 Å². The molecule has 1 aromatic heterocycles. The Kier molecular flexibility index (Phi) is 4.17. The Bertz CT molecular complexity index is 684. The number of carbonyl (C=O) groups excluding carboxylic acids is 1. The Morgan fingerprint density at radius 3 is 2.81 bits per heavy atom. The molecule has 0 spiro atoms. The molecular formula is C13H13FN4O3. The molecule has 8 heteroatoms. The van der Waals surface area contributed by atoms with Crippen LogP contribution >= 0.6 is 0 Å². The second kappa shape index (κ2) is 6.04. The van der Waals surface area contributed by atoms with Gasteiger partial charge in [0.2, 0.25) is 0 Å². The van der Waals surface area contributed by atoms with Gasteiger partial charge < -0.3 is 15.7 Å². The molecule has 7 nitrogen and oxygen atoms in total. The first-order valence-corrected chi connectivity index (χ1v) is 6.02. The number of carbonyl (C=O) groups is 2. The third-order valence-corrected chi connectivity index (χ3v) is 2.63. The van der Waals surface area contributed by atoms with E-state index in [0.717, 1.165) is 0 Å². The van der Waals surface area contributed by atoms with E-state index in [2.05, 4.69) is 15.7 Å². The second-order valence-electron chi connectivity index (χ2n) is 4.36. The maximum Gasteiger partial charge on any atom is 0.325 e. The molecule has 2 amide bonds. The van der Waals surface area contributed by atoms with Crippen molar-refractivity contribution < 1.29 is 19.1 Å². The number of amides is 2. The number of nitrogens with one attached hydrogen (secondary N) is 2. The number of halogens is 1. The predicted molar refractivity (Wildman–Crippen MR) is 73.6 cm³/mol. The van der Waals surface area contributed by atoms with E-state index in [4.69, 9.17) is 5.11 Å². The van der Waals surface area contributed by atoms with Crippen LogP contribution in [0.25, 0.3) is 0 Å². The number of aromatic nitrogens is 2. The lowest BCUT2D eigenvalue weighted by molar-refractivity contribution is -0.137. The summed E-state index contributed by atoms with van der Waals surface area (Å²) >= 11 is 0. The van der Waals surface area contributed by atoms with Gasteiger partial charge >= 0.3 is 12.0 Å². The molecule has 0 aliphatic rings. The number of carboxylic acid groups (broad SMARTS) is 1. The molecule has 3 N–H and O–H groups in total. The monoisotopic (exact) mass is 292 g/mol. The molecular weight excluding hydrogens is 279 g/mol. The maximum atomic E-state index is 13.0. The van der Waals surface area contributed by atoms with E-state index in [1.807, 2.05) is 0 Å². The van der Waals surface area contributed by atoms with Crippen molar-refractivity contribution in [1.82, 2.24) is 9.78 Å². The molecule has 0 unspecified atom stereocenters. The van der Waals surface area contributed by atoms with Gasteiger partial charge in [0, 0.05) is 11.9 Å². The van der Waals surface area contributed by atoms with Gasteiger partial charge in [0.1, 0.15) is 12.4 Å². The molecule has 0 radical (unpaired) electrons. The molecule has 1 heterocycles. The summed E-state index contributed by atoms with van der Waals surface area (Å²) in [6.45, 7) is 1.38. The first kappa shape index (κ1) is 14.5. The van der Waals surface area contributed by atoms with E-state index in [1.54, 1.807) is 6.92 Å². The van der Waals surface area contributed by atoms with E-state index >= 15 is 0 Å². The van der Waals surface area contributed by atoms with Crippen molar-refractivity contribution in [2.45, 2.75) is 13.5 Å². The summed E-state index contributed by atoms with van der Waals surface area (Å²) in [6.07, 6.45) is 2.73. The van der Waals surface area contributed by atoms with E-state index < -0.39 is 12.0 Å². The van der Waals surface area contributed by atoms with Crippen LogP contribution in [0, 0.1) is 12.7 Å². The van der Waals surface area contributed by atoms with Gasteiger partial charge in [-0.3, -0.25) is 9.48 Å². The van der Waals surface area contributed by atoms with Crippen molar-refractivity contribution in [3.63, 3.8) is 0 Å². The average Bonchev–Trinajstić information content (AvgIpc) is 2.79. The zero-order chi connectivity index (χ0) is 15.4. The van der Waals surface area contributed by atoms with Crippen molar-refractivity contribution in [3.05, 3.63) is 42.0 Å². The van der Waals surface area contributed by atoms with Gasteiger partial charge in [-0.05, 0) is 30.7 Å². The summed E-state index contributed by atoms with van der Waals surface area (Å²) < 4.78 is 14.1. The summed E-state index contributed by atoms with van der Waals surface area (Å²) in [5.74, 6) is -1.41. The number of rotatable bonds is 4. The standard InChI is InChI=1S/C13H13FN4O3/c1-8-4-9(14)2-3-11(8)17-13(21)16-10-5-15-18(6-10)7-12(19)20/h2-6H,7H2,1H3,(H,19,20)(H2,16,17,21). The topological polar surface area (TPSA) is 96.3 Å². The van der Waals surface area contributed by atoms with Crippen molar-refractivity contribution >= 4 is 23.4 Å². The van der Waals surface area contributed by atoms with Crippen LogP contribution < -0.4 is 10.6 Å². The van der Waals surface area contributed by atoms with Crippen LogP contribution in [-0.4, -0.2) is 26.9 Å². The van der Waals surface area contributed by atoms with Crippen molar-refractivity contribution in [1.29, 1.82) is 0 Å². The predicted octanol–water partition coefficient (Wildman–Crippen LogP) is 2.06. The molecule has 0 saturated carbocycles. The van der Waals surface area contributed by atoms with Gasteiger partial charge in [-0.15, -0.1) is 0 Å². The number of benzene rings is 1. The van der Waals surface area contributed by atoms with Gasteiger partial charge in [-0.1, -0.05) is 0 Å². The number of carboxylic acids is 1. The van der Waals surface area contributed by atoms with E-state index in [0.29, 0.717) is 16.9 Å². The Morgan fingerprint density at radius 2 is 2.14 bits per heavy atom. The molecule has 1 aromatic carbocycles. The molecule has 2 aromatic rings. The fourth-order valence-electron chi connectivity index (χ4n) is 1.71. The third-order valence-electron chi connectivity index (χ3n) is 2.63. The molecule has 0 saturated heterocycles. The largest absolute Gasteiger partial charge is 0.480 e. The lowest BCUT2D eigenvalue weighted by atomic mass is 10.2. The van der Waals surface area contributed by atoms with Gasteiger partial charge in [0.25, 0.3) is 0 Å². The Labute approximate surface area is 119 Å². The fraction of sp³-hybridized carbons (Fsp3) is 0.154. The number of aryl methyl sites for hydroxylation is 1. The first-order valence-electron chi connectivity index (χ1n) is 6.02. The minimum Gasteiger partial charge on any atom is -0.480 e. The van der Waals surface area contributed by atoms with Crippen molar-refractivity contribution in [2.75, 3.05) is 10.6 Å². The van der Waals surface area contributed by atoms with E-state index in [1.165, 1.54) is 35.3 Å². The highest BCUT2D eigenvalue weighted by atomic mass is 19.1. The SMILES string of the molecule is Cc1cc(F)ccc1NC(=O)Nc1cnn(CC(=O)O)c1. The van der Waals surface area contributed by atoms with Crippen LogP contribution in [0.5, 0.6) is 0 Å². The molecule has 0 fully saturated rings. The number of anilines is 2. The molecule has 2 rings (SSSR count). The average molecular weight is 292 g/mol. The molecule has 21 heavy (non-hydrogen) atoms. The number of hydrogen-bond acceptors (Lipinski definition) is 3. The smallest absolute Gasteiger partial charge is 0.325 e. The minimum atomic E-state index is -1.03.